The van der Waals surface area contributed by atoms with E-state index in [-0.39, 0.29) is 5.91 Å². The number of benzene rings is 2. The van der Waals surface area contributed by atoms with Gasteiger partial charge in [0.1, 0.15) is 11.0 Å². The first-order chi connectivity index (χ1) is 16.6. The normalized spacial score (nSPS) is 15.0. The van der Waals surface area contributed by atoms with Gasteiger partial charge in [-0.1, -0.05) is 23.7 Å². The summed E-state index contributed by atoms with van der Waals surface area (Å²) in [5, 5.41) is 4.20. The summed E-state index contributed by atoms with van der Waals surface area (Å²) in [6.45, 7) is 6.72. The SMILES string of the molecule is C=C.O=C(Nc1cccc(-c2ccc3cnccc3n2)c1)c1ccc(N2CCCS2=O)cc1Cl. The summed E-state index contributed by atoms with van der Waals surface area (Å²) < 4.78 is 13.9. The molecule has 2 aromatic carbocycles. The molecule has 1 aliphatic heterocycles. The first kappa shape index (κ1) is 23.6. The van der Waals surface area contributed by atoms with Crippen LogP contribution in [0.25, 0.3) is 22.2 Å². The van der Waals surface area contributed by atoms with Gasteiger partial charge in [-0.15, -0.1) is 13.2 Å². The second kappa shape index (κ2) is 10.6. The topological polar surface area (TPSA) is 75.2 Å². The van der Waals surface area contributed by atoms with Gasteiger partial charge in [-0.05, 0) is 55.0 Å². The van der Waals surface area contributed by atoms with E-state index in [1.54, 1.807) is 30.6 Å². The molecule has 5 rings (SSSR count). The molecule has 172 valence electrons. The summed E-state index contributed by atoms with van der Waals surface area (Å²) in [5.74, 6) is 0.345. The lowest BCUT2D eigenvalue weighted by atomic mass is 10.1. The molecular weight excluding hydrogens is 468 g/mol. The van der Waals surface area contributed by atoms with Crippen LogP contribution in [0.2, 0.25) is 5.02 Å². The third-order valence-electron chi connectivity index (χ3n) is 5.32. The molecule has 1 fully saturated rings. The van der Waals surface area contributed by atoms with Crippen LogP contribution >= 0.6 is 11.6 Å². The minimum Gasteiger partial charge on any atom is -0.322 e. The zero-order valence-corrected chi connectivity index (χ0v) is 20.0. The van der Waals surface area contributed by atoms with Crippen LogP contribution in [0.4, 0.5) is 11.4 Å². The summed E-state index contributed by atoms with van der Waals surface area (Å²) >= 11 is 6.40. The van der Waals surface area contributed by atoms with Crippen LogP contribution in [-0.4, -0.2) is 32.4 Å². The Bertz CT molecular complexity index is 1380. The highest BCUT2D eigenvalue weighted by Crippen LogP contribution is 2.28. The molecule has 0 saturated carbocycles. The average Bonchev–Trinajstić information content (AvgIpc) is 3.30. The summed E-state index contributed by atoms with van der Waals surface area (Å²) in [7, 11) is -1.03. The molecule has 1 saturated heterocycles. The van der Waals surface area contributed by atoms with E-state index in [2.05, 4.69) is 28.4 Å². The van der Waals surface area contributed by atoms with Crippen molar-refractivity contribution in [1.82, 2.24) is 9.97 Å². The van der Waals surface area contributed by atoms with Gasteiger partial charge in [0.05, 0.1) is 27.5 Å². The predicted octanol–water partition coefficient (Wildman–Crippen LogP) is 5.88. The minimum absolute atomic E-state index is 0.307. The van der Waals surface area contributed by atoms with Gasteiger partial charge in [-0.25, -0.2) is 9.19 Å². The maximum absolute atomic E-state index is 12.9. The van der Waals surface area contributed by atoms with Gasteiger partial charge in [0, 0.05) is 41.3 Å². The molecule has 0 radical (unpaired) electrons. The van der Waals surface area contributed by atoms with Gasteiger partial charge < -0.3 is 5.32 Å². The fraction of sp³-hybridized carbons (Fsp3) is 0.115. The number of nitrogens with zero attached hydrogens (tertiary/aromatic N) is 3. The van der Waals surface area contributed by atoms with Crippen LogP contribution in [0.1, 0.15) is 16.8 Å². The minimum atomic E-state index is -1.03. The molecule has 1 amide bonds. The van der Waals surface area contributed by atoms with Gasteiger partial charge in [0.2, 0.25) is 0 Å². The maximum Gasteiger partial charge on any atom is 0.257 e. The Morgan fingerprint density at radius 3 is 2.71 bits per heavy atom. The first-order valence-corrected chi connectivity index (χ1v) is 12.3. The van der Waals surface area contributed by atoms with Crippen molar-refractivity contribution in [2.24, 2.45) is 0 Å². The lowest BCUT2D eigenvalue weighted by Gasteiger charge is -2.17. The molecule has 2 aromatic heterocycles. The second-order valence-corrected chi connectivity index (χ2v) is 9.34. The number of amides is 1. The zero-order chi connectivity index (χ0) is 24.1. The molecule has 0 aliphatic carbocycles. The number of nitrogens with one attached hydrogen (secondary N) is 1. The number of carbonyl (C=O) groups is 1. The van der Waals surface area contributed by atoms with Crippen molar-refractivity contribution in [3.05, 3.63) is 96.8 Å². The Morgan fingerprint density at radius 2 is 1.94 bits per heavy atom. The molecule has 0 bridgehead atoms. The highest BCUT2D eigenvalue weighted by atomic mass is 35.5. The Hall–Kier alpha value is -3.55. The lowest BCUT2D eigenvalue weighted by molar-refractivity contribution is 0.102. The second-order valence-electron chi connectivity index (χ2n) is 7.45. The van der Waals surface area contributed by atoms with E-state index in [9.17, 15) is 9.00 Å². The van der Waals surface area contributed by atoms with Crippen molar-refractivity contribution in [3.63, 3.8) is 0 Å². The molecule has 1 aliphatic rings. The number of halogens is 1. The third kappa shape index (κ3) is 5.00. The number of hydrogen-bond acceptors (Lipinski definition) is 4. The summed E-state index contributed by atoms with van der Waals surface area (Å²) in [6, 6.07) is 18.5. The molecule has 1 N–H and O–H groups in total. The van der Waals surface area contributed by atoms with E-state index in [0.717, 1.165) is 40.8 Å². The average molecular weight is 491 g/mol. The van der Waals surface area contributed by atoms with Crippen molar-refractivity contribution >= 4 is 50.8 Å². The van der Waals surface area contributed by atoms with Crippen LogP contribution < -0.4 is 9.62 Å². The molecule has 1 atom stereocenters. The van der Waals surface area contributed by atoms with E-state index in [1.165, 1.54) is 0 Å². The first-order valence-electron chi connectivity index (χ1n) is 10.7. The Kier molecular flexibility index (Phi) is 7.35. The maximum atomic E-state index is 12.9. The number of fused-ring (bicyclic) bond motifs is 1. The number of carbonyl (C=O) groups excluding carboxylic acids is 1. The van der Waals surface area contributed by atoms with Gasteiger partial charge >= 0.3 is 0 Å². The zero-order valence-electron chi connectivity index (χ0n) is 18.4. The van der Waals surface area contributed by atoms with E-state index < -0.39 is 11.0 Å². The molecular formula is C26H23ClN4O2S. The monoisotopic (exact) mass is 490 g/mol. The largest absolute Gasteiger partial charge is 0.322 e. The summed E-state index contributed by atoms with van der Waals surface area (Å²) in [4.78, 5) is 21.7. The third-order valence-corrected chi connectivity index (χ3v) is 7.15. The fourth-order valence-corrected chi connectivity index (χ4v) is 5.25. The molecule has 1 unspecified atom stereocenters. The van der Waals surface area contributed by atoms with Crippen molar-refractivity contribution in [1.29, 1.82) is 0 Å². The van der Waals surface area contributed by atoms with E-state index in [1.807, 2.05) is 46.8 Å². The summed E-state index contributed by atoms with van der Waals surface area (Å²) in [5.41, 5.74) is 4.33. The van der Waals surface area contributed by atoms with Gasteiger partial charge in [-0.3, -0.25) is 14.1 Å². The highest BCUT2D eigenvalue weighted by Gasteiger charge is 2.22. The number of pyridine rings is 2. The molecule has 8 heteroatoms. The fourth-order valence-electron chi connectivity index (χ4n) is 3.71. The standard InChI is InChI=1S/C24H19ClN4O2S.C2H4/c25-21-14-19(29-11-2-12-32(29)31)6-7-20(21)24(30)27-18-4-1-3-16(13-18)22-8-5-17-15-26-10-9-23(17)28-22;1-2/h1,3-10,13-15H,2,11-12H2,(H,27,30);1-2H2. The van der Waals surface area contributed by atoms with Crippen molar-refractivity contribution in [3.8, 4) is 11.3 Å². The van der Waals surface area contributed by atoms with E-state index >= 15 is 0 Å². The quantitative estimate of drug-likeness (QED) is 0.362. The molecule has 4 aromatic rings. The van der Waals surface area contributed by atoms with Gasteiger partial charge in [0.15, 0.2) is 0 Å². The van der Waals surface area contributed by atoms with Crippen LogP contribution in [-0.2, 0) is 11.0 Å². The Morgan fingerprint density at radius 1 is 1.09 bits per heavy atom. The lowest BCUT2D eigenvalue weighted by Crippen LogP contribution is -2.20. The number of anilines is 2. The van der Waals surface area contributed by atoms with Gasteiger partial charge in [0.25, 0.3) is 5.91 Å². The van der Waals surface area contributed by atoms with Crippen molar-refractivity contribution < 1.29 is 9.00 Å². The van der Waals surface area contributed by atoms with Crippen LogP contribution in [0, 0.1) is 0 Å². The number of aromatic nitrogens is 2. The molecule has 34 heavy (non-hydrogen) atoms. The van der Waals surface area contributed by atoms with E-state index in [4.69, 9.17) is 11.6 Å². The number of hydrogen-bond donors (Lipinski definition) is 1. The highest BCUT2D eigenvalue weighted by molar-refractivity contribution is 7.86. The number of rotatable bonds is 4. The molecule has 0 spiro atoms. The molecule has 3 heterocycles. The molecule has 6 nitrogen and oxygen atoms in total. The Labute approximate surface area is 205 Å². The van der Waals surface area contributed by atoms with E-state index in [0.29, 0.717) is 22.0 Å². The van der Waals surface area contributed by atoms with Crippen molar-refractivity contribution in [2.75, 3.05) is 21.9 Å². The smallest absolute Gasteiger partial charge is 0.257 e. The summed E-state index contributed by atoms with van der Waals surface area (Å²) in [6.07, 6.45) is 4.37. The van der Waals surface area contributed by atoms with Crippen molar-refractivity contribution in [2.45, 2.75) is 6.42 Å². The van der Waals surface area contributed by atoms with Crippen LogP contribution in [0.15, 0.2) is 86.2 Å². The Balaban J connectivity index is 0.00000133. The van der Waals surface area contributed by atoms with Crippen LogP contribution in [0.5, 0.6) is 0 Å². The predicted molar refractivity (Wildman–Crippen MR) is 141 cm³/mol. The van der Waals surface area contributed by atoms with Gasteiger partial charge in [-0.2, -0.15) is 0 Å². The van der Waals surface area contributed by atoms with Crippen LogP contribution in [0.3, 0.4) is 0 Å².